The number of hydrogen-bond acceptors (Lipinski definition) is 3. The first-order valence-corrected chi connectivity index (χ1v) is 10.0. The average molecular weight is 412 g/mol. The van der Waals surface area contributed by atoms with E-state index in [1.165, 1.54) is 6.07 Å². The van der Waals surface area contributed by atoms with Gasteiger partial charge in [-0.2, -0.15) is 0 Å². The van der Waals surface area contributed by atoms with Gasteiger partial charge in [0.05, 0.1) is 10.7 Å². The minimum atomic E-state index is -0.950. The van der Waals surface area contributed by atoms with Crippen LogP contribution in [0.5, 0.6) is 0 Å². The van der Waals surface area contributed by atoms with Crippen LogP contribution in [0.4, 0.5) is 10.5 Å². The molecule has 27 heavy (non-hydrogen) atoms. The molecular weight excluding hydrogens is 389 g/mol. The molecule has 2 N–H and O–H groups in total. The second-order valence-electron chi connectivity index (χ2n) is 7.24. The maximum atomic E-state index is 13.1. The minimum Gasteiger partial charge on any atom is -0.323 e. The largest absolute Gasteiger partial charge is 0.325 e. The van der Waals surface area contributed by atoms with Gasteiger partial charge in [-0.05, 0) is 38.0 Å². The second-order valence-corrected chi connectivity index (χ2v) is 8.09. The first kappa shape index (κ1) is 20.0. The molecule has 1 aliphatic heterocycles. The monoisotopic (exact) mass is 411 g/mol. The summed E-state index contributed by atoms with van der Waals surface area (Å²) in [5.74, 6) is -0.787. The summed E-state index contributed by atoms with van der Waals surface area (Å²) in [6.45, 7) is 1.54. The molecule has 3 rings (SSSR count). The number of carbonyl (C=O) groups excluding carboxylic acids is 3. The van der Waals surface area contributed by atoms with Gasteiger partial charge in [0.25, 0.3) is 5.91 Å². The van der Waals surface area contributed by atoms with E-state index in [0.29, 0.717) is 23.6 Å². The Morgan fingerprint density at radius 1 is 1.15 bits per heavy atom. The van der Waals surface area contributed by atoms with Crippen LogP contribution < -0.4 is 10.6 Å². The van der Waals surface area contributed by atoms with E-state index in [1.54, 1.807) is 19.1 Å². The molecule has 1 aromatic carbocycles. The number of rotatable bonds is 3. The van der Waals surface area contributed by atoms with Crippen LogP contribution in [0.3, 0.4) is 0 Å². The molecule has 8 heteroatoms. The van der Waals surface area contributed by atoms with E-state index >= 15 is 0 Å². The van der Waals surface area contributed by atoms with Crippen LogP contribution in [0.1, 0.15) is 51.9 Å². The van der Waals surface area contributed by atoms with Crippen LogP contribution in [0.15, 0.2) is 18.2 Å². The quantitative estimate of drug-likeness (QED) is 0.725. The molecule has 0 aromatic heterocycles. The topological polar surface area (TPSA) is 78.5 Å². The summed E-state index contributed by atoms with van der Waals surface area (Å²) in [4.78, 5) is 39.3. The van der Waals surface area contributed by atoms with Gasteiger partial charge in [0.1, 0.15) is 11.6 Å². The summed E-state index contributed by atoms with van der Waals surface area (Å²) in [6, 6.07) is 3.24. The molecule has 1 saturated carbocycles. The Hall–Kier alpha value is -1.79. The van der Waals surface area contributed by atoms with Crippen LogP contribution >= 0.6 is 23.2 Å². The van der Waals surface area contributed by atoms with Gasteiger partial charge in [-0.15, -0.1) is 0 Å². The van der Waals surface area contributed by atoms with Crippen LogP contribution in [-0.2, 0) is 9.59 Å². The number of urea groups is 1. The standard InChI is InChI=1S/C19H23Cl2N3O3/c1-12(16(25)22-15-8-7-13(20)11-14(15)21)24-17(26)19(23-18(24)27)9-5-3-2-4-6-10-19/h7-8,11-12H,2-6,9-10H2,1H3,(H,22,25)(H,23,27)/t12-/m1/s1. The second kappa shape index (κ2) is 8.07. The lowest BCUT2D eigenvalue weighted by atomic mass is 9.84. The number of nitrogens with zero attached hydrogens (tertiary/aromatic N) is 1. The number of carbonyl (C=O) groups is 3. The molecular formula is C19H23Cl2N3O3. The molecule has 1 atom stereocenters. The number of hydrogen-bond donors (Lipinski definition) is 2. The van der Waals surface area contributed by atoms with Gasteiger partial charge < -0.3 is 10.6 Å². The molecule has 146 valence electrons. The lowest BCUT2D eigenvalue weighted by molar-refractivity contribution is -0.137. The highest BCUT2D eigenvalue weighted by molar-refractivity contribution is 6.36. The molecule has 2 aliphatic rings. The van der Waals surface area contributed by atoms with Crippen LogP contribution in [0.2, 0.25) is 10.0 Å². The van der Waals surface area contributed by atoms with Crippen molar-refractivity contribution in [3.05, 3.63) is 28.2 Å². The van der Waals surface area contributed by atoms with Crippen LogP contribution in [-0.4, -0.2) is 34.3 Å². The summed E-state index contributed by atoms with van der Waals surface area (Å²) in [6.07, 6.45) is 6.27. The Morgan fingerprint density at radius 3 is 2.41 bits per heavy atom. The molecule has 0 bridgehead atoms. The van der Waals surface area contributed by atoms with Gasteiger partial charge in [0.15, 0.2) is 0 Å². The van der Waals surface area contributed by atoms with E-state index in [9.17, 15) is 14.4 Å². The number of imide groups is 1. The Morgan fingerprint density at radius 2 is 1.78 bits per heavy atom. The molecule has 1 heterocycles. The average Bonchev–Trinajstić information content (AvgIpc) is 2.84. The first-order chi connectivity index (χ1) is 12.8. The Labute approximate surface area is 168 Å². The maximum absolute atomic E-state index is 13.1. The Bertz CT molecular complexity index is 761. The molecule has 0 radical (unpaired) electrons. The highest BCUT2D eigenvalue weighted by atomic mass is 35.5. The molecule has 2 fully saturated rings. The van der Waals surface area contributed by atoms with E-state index < -0.39 is 23.5 Å². The Kier molecular flexibility index (Phi) is 5.96. The molecule has 1 saturated heterocycles. The maximum Gasteiger partial charge on any atom is 0.325 e. The smallest absolute Gasteiger partial charge is 0.323 e. The fraction of sp³-hybridized carbons (Fsp3) is 0.526. The fourth-order valence-electron chi connectivity index (χ4n) is 3.79. The highest BCUT2D eigenvalue weighted by Crippen LogP contribution is 2.33. The summed E-state index contributed by atoms with van der Waals surface area (Å²) in [5, 5.41) is 6.27. The van der Waals surface area contributed by atoms with Gasteiger partial charge >= 0.3 is 6.03 Å². The van der Waals surface area contributed by atoms with Crippen LogP contribution in [0, 0.1) is 0 Å². The Balaban J connectivity index is 1.75. The van der Waals surface area contributed by atoms with E-state index in [1.807, 2.05) is 0 Å². The molecule has 1 spiro atoms. The van der Waals surface area contributed by atoms with Gasteiger partial charge in [-0.25, -0.2) is 9.69 Å². The zero-order valence-corrected chi connectivity index (χ0v) is 16.7. The number of nitrogens with one attached hydrogen (secondary N) is 2. The van der Waals surface area contributed by atoms with Crippen molar-refractivity contribution in [3.8, 4) is 0 Å². The van der Waals surface area contributed by atoms with Gasteiger partial charge in [-0.3, -0.25) is 9.59 Å². The lowest BCUT2D eigenvalue weighted by Crippen LogP contribution is -2.49. The first-order valence-electron chi connectivity index (χ1n) is 9.26. The summed E-state index contributed by atoms with van der Waals surface area (Å²) < 4.78 is 0. The number of anilines is 1. The third kappa shape index (κ3) is 4.06. The van der Waals surface area contributed by atoms with Crippen molar-refractivity contribution in [2.24, 2.45) is 0 Å². The van der Waals surface area contributed by atoms with Crippen molar-refractivity contribution < 1.29 is 14.4 Å². The van der Waals surface area contributed by atoms with E-state index in [-0.39, 0.29) is 10.9 Å². The fourth-order valence-corrected chi connectivity index (χ4v) is 4.24. The summed E-state index contributed by atoms with van der Waals surface area (Å²) in [7, 11) is 0. The lowest BCUT2D eigenvalue weighted by Gasteiger charge is -2.29. The highest BCUT2D eigenvalue weighted by Gasteiger charge is 2.52. The van der Waals surface area contributed by atoms with Crippen molar-refractivity contribution >= 4 is 46.7 Å². The zero-order chi connectivity index (χ0) is 19.6. The van der Waals surface area contributed by atoms with Gasteiger partial charge in [0, 0.05) is 5.02 Å². The van der Waals surface area contributed by atoms with Crippen molar-refractivity contribution in [3.63, 3.8) is 0 Å². The van der Waals surface area contributed by atoms with E-state index in [0.717, 1.165) is 37.0 Å². The van der Waals surface area contributed by atoms with Gasteiger partial charge in [-0.1, -0.05) is 55.3 Å². The van der Waals surface area contributed by atoms with Crippen LogP contribution in [0.25, 0.3) is 0 Å². The molecule has 1 aromatic rings. The molecule has 4 amide bonds. The molecule has 1 aliphatic carbocycles. The zero-order valence-electron chi connectivity index (χ0n) is 15.2. The van der Waals surface area contributed by atoms with Crippen molar-refractivity contribution in [2.75, 3.05) is 5.32 Å². The third-order valence-corrected chi connectivity index (χ3v) is 5.90. The molecule has 0 unspecified atom stereocenters. The number of benzene rings is 1. The summed E-state index contributed by atoms with van der Waals surface area (Å²) in [5.41, 5.74) is -0.491. The predicted molar refractivity (Wildman–Crippen MR) is 105 cm³/mol. The normalized spacial score (nSPS) is 20.8. The molecule has 6 nitrogen and oxygen atoms in total. The van der Waals surface area contributed by atoms with Crippen molar-refractivity contribution in [2.45, 2.75) is 63.5 Å². The van der Waals surface area contributed by atoms with E-state index in [4.69, 9.17) is 23.2 Å². The van der Waals surface area contributed by atoms with E-state index in [2.05, 4.69) is 10.6 Å². The predicted octanol–water partition coefficient (Wildman–Crippen LogP) is 4.36. The summed E-state index contributed by atoms with van der Waals surface area (Å²) >= 11 is 11.9. The van der Waals surface area contributed by atoms with Crippen molar-refractivity contribution in [1.82, 2.24) is 10.2 Å². The SMILES string of the molecule is C[C@H](C(=O)Nc1ccc(Cl)cc1Cl)N1C(=O)NC2(CCCCCCC2)C1=O. The third-order valence-electron chi connectivity index (χ3n) is 5.36. The minimum absolute atomic E-state index is 0.289. The number of halogens is 2. The number of amides is 4. The van der Waals surface area contributed by atoms with Gasteiger partial charge in [0.2, 0.25) is 5.91 Å². The van der Waals surface area contributed by atoms with Crippen molar-refractivity contribution in [1.29, 1.82) is 0 Å².